The molecule has 9 heteroatoms. The van der Waals surface area contributed by atoms with E-state index in [0.717, 1.165) is 63.5 Å². The predicted octanol–water partition coefficient (Wildman–Crippen LogP) is 3.64. The monoisotopic (exact) mass is 573 g/mol. The summed E-state index contributed by atoms with van der Waals surface area (Å²) in [5.74, 6) is 1.81. The fraction of sp³-hybridized carbons (Fsp3) is 0.667. The zero-order chi connectivity index (χ0) is 22.8. The smallest absolute Gasteiger partial charge is 0.409 e. The average molecular weight is 574 g/mol. The quantitative estimate of drug-likeness (QED) is 0.214. The molecule has 3 rings (SSSR count). The van der Waals surface area contributed by atoms with E-state index in [1.807, 2.05) is 19.1 Å². The highest BCUT2D eigenvalue weighted by molar-refractivity contribution is 14.0. The van der Waals surface area contributed by atoms with E-state index in [1.54, 1.807) is 11.2 Å². The van der Waals surface area contributed by atoms with Crippen LogP contribution in [0.3, 0.4) is 0 Å². The van der Waals surface area contributed by atoms with Crippen LogP contribution in [0.5, 0.6) is 0 Å². The van der Waals surface area contributed by atoms with Crippen molar-refractivity contribution >= 4 is 36.0 Å². The first kappa shape index (κ1) is 27.5. The van der Waals surface area contributed by atoms with Crippen LogP contribution in [-0.2, 0) is 11.2 Å². The van der Waals surface area contributed by atoms with Crippen LogP contribution in [0.15, 0.2) is 40.0 Å². The van der Waals surface area contributed by atoms with Gasteiger partial charge in [-0.2, -0.15) is 0 Å². The zero-order valence-corrected chi connectivity index (χ0v) is 22.4. The molecule has 186 valence electrons. The molecule has 0 aromatic carbocycles. The van der Waals surface area contributed by atoms with Gasteiger partial charge in [-0.05, 0) is 51.7 Å². The maximum Gasteiger partial charge on any atom is 0.409 e. The largest absolute Gasteiger partial charge is 0.469 e. The summed E-state index contributed by atoms with van der Waals surface area (Å²) in [4.78, 5) is 21.1. The van der Waals surface area contributed by atoms with Crippen molar-refractivity contribution in [2.75, 3.05) is 45.9 Å². The maximum absolute atomic E-state index is 12.0. The first-order valence-electron chi connectivity index (χ1n) is 11.9. The summed E-state index contributed by atoms with van der Waals surface area (Å²) < 4.78 is 10.6. The number of guanidine groups is 1. The molecule has 2 N–H and O–H groups in total. The third kappa shape index (κ3) is 9.56. The number of halogens is 1. The van der Waals surface area contributed by atoms with Crippen molar-refractivity contribution in [1.82, 2.24) is 20.4 Å². The van der Waals surface area contributed by atoms with Gasteiger partial charge in [-0.1, -0.05) is 12.2 Å². The molecule has 0 spiro atoms. The first-order chi connectivity index (χ1) is 15.5. The van der Waals surface area contributed by atoms with Crippen LogP contribution in [0, 0.1) is 0 Å². The van der Waals surface area contributed by atoms with Gasteiger partial charge in [0.1, 0.15) is 5.76 Å². The Morgan fingerprint density at radius 2 is 1.82 bits per heavy atom. The van der Waals surface area contributed by atoms with Crippen molar-refractivity contribution in [3.05, 3.63) is 36.3 Å². The molecule has 2 fully saturated rings. The lowest BCUT2D eigenvalue weighted by atomic mass is 10.0. The molecule has 3 heterocycles. The molecular formula is C24H40IN5O3. The minimum atomic E-state index is -0.210. The number of likely N-dealkylation sites (tertiary alicyclic amines) is 2. The van der Waals surface area contributed by atoms with Crippen molar-refractivity contribution in [3.8, 4) is 0 Å². The molecule has 8 nitrogen and oxygen atoms in total. The van der Waals surface area contributed by atoms with E-state index < -0.39 is 0 Å². The van der Waals surface area contributed by atoms with E-state index in [-0.39, 0.29) is 30.1 Å². The molecule has 2 saturated heterocycles. The molecule has 1 aromatic rings. The highest BCUT2D eigenvalue weighted by Crippen LogP contribution is 2.14. The molecule has 1 amide bonds. The Balaban J connectivity index is 0.00000385. The highest BCUT2D eigenvalue weighted by atomic mass is 127. The minimum Gasteiger partial charge on any atom is -0.469 e. The standard InChI is InChI=1S/C24H39N5O3.HI/c1-4-31-24(30)29-15-10-21(11-16-29)27-23(25-12-7-22-6-5-17-32-22)26-20-8-13-28(14-9-20)18-19(2)3;/h5-6,17,20-21H,2,4,7-16,18H2,1,3H3,(H2,25,26,27);1H. The van der Waals surface area contributed by atoms with Gasteiger partial charge in [0.25, 0.3) is 0 Å². The number of nitrogens with one attached hydrogen (secondary N) is 2. The molecule has 0 bridgehead atoms. The molecule has 1 aromatic heterocycles. The lowest BCUT2D eigenvalue weighted by molar-refractivity contribution is 0.0962. The number of carbonyl (C=O) groups is 1. The number of furan rings is 1. The van der Waals surface area contributed by atoms with Gasteiger partial charge in [0.05, 0.1) is 12.9 Å². The fourth-order valence-electron chi connectivity index (χ4n) is 4.29. The van der Waals surface area contributed by atoms with Crippen molar-refractivity contribution in [2.45, 2.75) is 58.0 Å². The third-order valence-electron chi connectivity index (χ3n) is 5.99. The molecule has 0 radical (unpaired) electrons. The first-order valence-corrected chi connectivity index (χ1v) is 11.9. The summed E-state index contributed by atoms with van der Waals surface area (Å²) >= 11 is 0. The Morgan fingerprint density at radius 1 is 1.18 bits per heavy atom. The van der Waals surface area contributed by atoms with Crippen LogP contribution < -0.4 is 10.6 Å². The second kappa shape index (κ2) is 14.5. The van der Waals surface area contributed by atoms with Gasteiger partial charge in [-0.15, -0.1) is 24.0 Å². The molecule has 0 aliphatic carbocycles. The number of piperidine rings is 2. The molecule has 33 heavy (non-hydrogen) atoms. The molecule has 2 aliphatic rings. The molecule has 2 aliphatic heterocycles. The van der Waals surface area contributed by atoms with E-state index in [2.05, 4.69) is 29.0 Å². The van der Waals surface area contributed by atoms with Gasteiger partial charge < -0.3 is 24.7 Å². The summed E-state index contributed by atoms with van der Waals surface area (Å²) in [6.45, 7) is 13.6. The SMILES string of the molecule is C=C(C)CN1CCC(NC(=NCCc2ccco2)NC2CCN(C(=O)OCC)CC2)CC1.I. The Kier molecular flexibility index (Phi) is 12.1. The number of aliphatic imine (C=N–C) groups is 1. The van der Waals surface area contributed by atoms with E-state index in [9.17, 15) is 4.79 Å². The fourth-order valence-corrected chi connectivity index (χ4v) is 4.29. The van der Waals surface area contributed by atoms with E-state index in [1.165, 1.54) is 5.57 Å². The van der Waals surface area contributed by atoms with Crippen molar-refractivity contribution < 1.29 is 13.9 Å². The van der Waals surface area contributed by atoms with E-state index in [0.29, 0.717) is 38.3 Å². The summed E-state index contributed by atoms with van der Waals surface area (Å²) in [6.07, 6.45) is 6.22. The number of ether oxygens (including phenoxy) is 1. The van der Waals surface area contributed by atoms with Crippen molar-refractivity contribution in [1.29, 1.82) is 0 Å². The Labute approximate surface area is 215 Å². The second-order valence-corrected chi connectivity index (χ2v) is 8.82. The lowest BCUT2D eigenvalue weighted by Crippen LogP contribution is -2.53. The van der Waals surface area contributed by atoms with Gasteiger partial charge in [0, 0.05) is 57.8 Å². The number of hydrogen-bond acceptors (Lipinski definition) is 5. The van der Waals surface area contributed by atoms with E-state index >= 15 is 0 Å². The van der Waals surface area contributed by atoms with Crippen LogP contribution >= 0.6 is 24.0 Å². The number of hydrogen-bond donors (Lipinski definition) is 2. The van der Waals surface area contributed by atoms with Gasteiger partial charge in [-0.3, -0.25) is 9.89 Å². The summed E-state index contributed by atoms with van der Waals surface area (Å²) in [5, 5.41) is 7.29. The third-order valence-corrected chi connectivity index (χ3v) is 5.99. The van der Waals surface area contributed by atoms with Crippen LogP contribution in [0.25, 0.3) is 0 Å². The van der Waals surface area contributed by atoms with E-state index in [4.69, 9.17) is 14.1 Å². The highest BCUT2D eigenvalue weighted by Gasteiger charge is 2.25. The molecule has 0 unspecified atom stereocenters. The summed E-state index contributed by atoms with van der Waals surface area (Å²) in [5.41, 5.74) is 1.22. The van der Waals surface area contributed by atoms with Crippen LogP contribution in [-0.4, -0.2) is 79.8 Å². The Hall–Kier alpha value is -1.75. The number of nitrogens with zero attached hydrogens (tertiary/aromatic N) is 3. The van der Waals surface area contributed by atoms with Gasteiger partial charge in [0.15, 0.2) is 5.96 Å². The second-order valence-electron chi connectivity index (χ2n) is 8.82. The van der Waals surface area contributed by atoms with Crippen LogP contribution in [0.4, 0.5) is 4.79 Å². The molecular weight excluding hydrogens is 533 g/mol. The van der Waals surface area contributed by atoms with Gasteiger partial charge >= 0.3 is 6.09 Å². The molecule has 0 saturated carbocycles. The minimum absolute atomic E-state index is 0. The van der Waals surface area contributed by atoms with Crippen LogP contribution in [0.1, 0.15) is 45.3 Å². The summed E-state index contributed by atoms with van der Waals surface area (Å²) in [7, 11) is 0. The Bertz CT molecular complexity index is 739. The number of carbonyl (C=O) groups excluding carboxylic acids is 1. The van der Waals surface area contributed by atoms with Gasteiger partial charge in [-0.25, -0.2) is 4.79 Å². The van der Waals surface area contributed by atoms with Gasteiger partial charge in [0.2, 0.25) is 0 Å². The maximum atomic E-state index is 12.0. The average Bonchev–Trinajstić information content (AvgIpc) is 3.29. The lowest BCUT2D eigenvalue weighted by Gasteiger charge is -2.35. The zero-order valence-electron chi connectivity index (χ0n) is 20.1. The number of amides is 1. The van der Waals surface area contributed by atoms with Crippen LogP contribution in [0.2, 0.25) is 0 Å². The summed E-state index contributed by atoms with van der Waals surface area (Å²) in [6, 6.07) is 4.59. The molecule has 0 atom stereocenters. The number of rotatable bonds is 8. The topological polar surface area (TPSA) is 82.3 Å². The Morgan fingerprint density at radius 3 is 2.36 bits per heavy atom. The predicted molar refractivity (Wildman–Crippen MR) is 142 cm³/mol. The van der Waals surface area contributed by atoms with Crippen molar-refractivity contribution in [2.24, 2.45) is 4.99 Å². The normalized spacial score (nSPS) is 18.5. The van der Waals surface area contributed by atoms with Crippen molar-refractivity contribution in [3.63, 3.8) is 0 Å².